The number of hydrogen-bond donors (Lipinski definition) is 1. The van der Waals surface area contributed by atoms with E-state index in [1.165, 1.54) is 10.4 Å². The maximum absolute atomic E-state index is 5.59. The van der Waals surface area contributed by atoms with Gasteiger partial charge in [0.15, 0.2) is 0 Å². The SMILES string of the molecule is CC(Nc1nc(CN2CCOCC2)nc2scc(-c3cccs3)c12)c1ccco1. The molecule has 0 saturated carbocycles. The largest absolute Gasteiger partial charge is 0.467 e. The number of hydrogen-bond acceptors (Lipinski definition) is 8. The topological polar surface area (TPSA) is 63.4 Å². The Morgan fingerprint density at radius 1 is 1.17 bits per heavy atom. The number of thiophene rings is 2. The molecule has 1 unspecified atom stereocenters. The molecule has 0 aliphatic carbocycles. The number of rotatable bonds is 6. The molecule has 1 saturated heterocycles. The molecule has 0 radical (unpaired) electrons. The van der Waals surface area contributed by atoms with Crippen molar-refractivity contribution in [1.29, 1.82) is 0 Å². The molecule has 5 rings (SSSR count). The standard InChI is InChI=1S/C21H22N4O2S2/c1-14(16-4-2-8-27-16)22-20-19-15(17-5-3-11-28-17)13-29-21(19)24-18(23-20)12-25-6-9-26-10-7-25/h2-5,8,11,13-14H,6-7,9-10,12H2,1H3,(H,22,23,24). The van der Waals surface area contributed by atoms with E-state index in [1.807, 2.05) is 12.1 Å². The first kappa shape index (κ1) is 18.7. The fourth-order valence-corrected chi connectivity index (χ4v) is 5.33. The van der Waals surface area contributed by atoms with Crippen molar-refractivity contribution in [2.75, 3.05) is 31.6 Å². The number of nitrogens with zero attached hydrogens (tertiary/aromatic N) is 3. The van der Waals surface area contributed by atoms with Crippen LogP contribution < -0.4 is 5.32 Å². The van der Waals surface area contributed by atoms with Gasteiger partial charge in [-0.3, -0.25) is 4.90 Å². The van der Waals surface area contributed by atoms with Crippen molar-refractivity contribution in [3.8, 4) is 10.4 Å². The molecule has 5 heterocycles. The molecule has 1 aliphatic rings. The molecule has 29 heavy (non-hydrogen) atoms. The summed E-state index contributed by atoms with van der Waals surface area (Å²) in [6.45, 7) is 6.19. The molecule has 1 aliphatic heterocycles. The predicted molar refractivity (Wildman–Crippen MR) is 118 cm³/mol. The van der Waals surface area contributed by atoms with Gasteiger partial charge < -0.3 is 14.5 Å². The molecule has 4 aromatic heterocycles. The van der Waals surface area contributed by atoms with Gasteiger partial charge in [-0.1, -0.05) is 6.07 Å². The number of anilines is 1. The van der Waals surface area contributed by atoms with Gasteiger partial charge in [0, 0.05) is 28.9 Å². The zero-order valence-corrected chi connectivity index (χ0v) is 17.8. The van der Waals surface area contributed by atoms with Gasteiger partial charge in [0.05, 0.1) is 37.4 Å². The Kier molecular flexibility index (Phi) is 5.32. The molecule has 0 bridgehead atoms. The van der Waals surface area contributed by atoms with Crippen molar-refractivity contribution in [1.82, 2.24) is 14.9 Å². The molecule has 1 atom stereocenters. The summed E-state index contributed by atoms with van der Waals surface area (Å²) >= 11 is 3.41. The summed E-state index contributed by atoms with van der Waals surface area (Å²) < 4.78 is 11.1. The molecule has 1 N–H and O–H groups in total. The zero-order chi connectivity index (χ0) is 19.6. The lowest BCUT2D eigenvalue weighted by Gasteiger charge is -2.26. The van der Waals surface area contributed by atoms with Crippen LogP contribution >= 0.6 is 22.7 Å². The van der Waals surface area contributed by atoms with Crippen LogP contribution in [0.4, 0.5) is 5.82 Å². The molecule has 0 amide bonds. The maximum atomic E-state index is 5.59. The van der Waals surface area contributed by atoms with Crippen LogP contribution in [0.2, 0.25) is 0 Å². The van der Waals surface area contributed by atoms with E-state index < -0.39 is 0 Å². The van der Waals surface area contributed by atoms with Crippen molar-refractivity contribution in [2.24, 2.45) is 0 Å². The Morgan fingerprint density at radius 2 is 2.07 bits per heavy atom. The summed E-state index contributed by atoms with van der Waals surface area (Å²) in [5, 5.41) is 8.95. The minimum Gasteiger partial charge on any atom is -0.467 e. The Morgan fingerprint density at radius 3 is 2.83 bits per heavy atom. The number of furan rings is 1. The highest BCUT2D eigenvalue weighted by Gasteiger charge is 2.20. The number of fused-ring (bicyclic) bond motifs is 1. The number of morpholine rings is 1. The Balaban J connectivity index is 1.54. The molecular formula is C21H22N4O2S2. The molecule has 0 aromatic carbocycles. The van der Waals surface area contributed by atoms with Gasteiger partial charge in [0.1, 0.15) is 22.2 Å². The average molecular weight is 427 g/mol. The molecule has 4 aromatic rings. The van der Waals surface area contributed by atoms with E-state index in [0.717, 1.165) is 60.5 Å². The molecule has 6 nitrogen and oxygen atoms in total. The summed E-state index contributed by atoms with van der Waals surface area (Å²) in [5.74, 6) is 2.60. The second-order valence-electron chi connectivity index (χ2n) is 7.07. The van der Waals surface area contributed by atoms with Crippen molar-refractivity contribution < 1.29 is 9.15 Å². The minimum absolute atomic E-state index is 0.00965. The highest BCUT2D eigenvalue weighted by molar-refractivity contribution is 7.18. The average Bonchev–Trinajstić information content (AvgIpc) is 3.49. The van der Waals surface area contributed by atoms with E-state index in [1.54, 1.807) is 28.9 Å². The van der Waals surface area contributed by atoms with Crippen molar-refractivity contribution in [3.63, 3.8) is 0 Å². The van der Waals surface area contributed by atoms with Crippen LogP contribution in [-0.4, -0.2) is 41.2 Å². The van der Waals surface area contributed by atoms with E-state index in [0.29, 0.717) is 0 Å². The van der Waals surface area contributed by atoms with Crippen molar-refractivity contribution >= 4 is 38.7 Å². The number of ether oxygens (including phenoxy) is 1. The lowest BCUT2D eigenvalue weighted by molar-refractivity contribution is 0.0331. The summed E-state index contributed by atoms with van der Waals surface area (Å²) in [5.41, 5.74) is 1.19. The van der Waals surface area contributed by atoms with Crippen LogP contribution in [0.3, 0.4) is 0 Å². The van der Waals surface area contributed by atoms with Crippen molar-refractivity contribution in [3.05, 3.63) is 52.9 Å². The molecule has 150 valence electrons. The lowest BCUT2D eigenvalue weighted by Crippen LogP contribution is -2.36. The monoisotopic (exact) mass is 426 g/mol. The van der Waals surface area contributed by atoms with Crippen LogP contribution in [0.15, 0.2) is 45.7 Å². The minimum atomic E-state index is 0.00965. The van der Waals surface area contributed by atoms with Crippen LogP contribution in [0.5, 0.6) is 0 Å². The normalized spacial score (nSPS) is 16.3. The highest BCUT2D eigenvalue weighted by Crippen LogP contribution is 2.39. The maximum Gasteiger partial charge on any atom is 0.146 e. The first-order valence-corrected chi connectivity index (χ1v) is 11.5. The van der Waals surface area contributed by atoms with Gasteiger partial charge in [-0.15, -0.1) is 22.7 Å². The van der Waals surface area contributed by atoms with Crippen LogP contribution in [0.25, 0.3) is 20.7 Å². The van der Waals surface area contributed by atoms with Crippen LogP contribution in [0, 0.1) is 0 Å². The van der Waals surface area contributed by atoms with Gasteiger partial charge in [0.25, 0.3) is 0 Å². The molecule has 0 spiro atoms. The second-order valence-corrected chi connectivity index (χ2v) is 8.87. The summed E-state index contributed by atoms with van der Waals surface area (Å²) in [6.07, 6.45) is 1.70. The third-order valence-corrected chi connectivity index (χ3v) is 6.83. The lowest BCUT2D eigenvalue weighted by atomic mass is 10.1. The third-order valence-electron chi connectivity index (χ3n) is 5.06. The van der Waals surface area contributed by atoms with Gasteiger partial charge in [-0.25, -0.2) is 9.97 Å². The van der Waals surface area contributed by atoms with Gasteiger partial charge in [-0.05, 0) is 30.5 Å². The highest BCUT2D eigenvalue weighted by atomic mass is 32.1. The van der Waals surface area contributed by atoms with E-state index in [4.69, 9.17) is 19.1 Å². The Bertz CT molecular complexity index is 1070. The Hall–Kier alpha value is -2.26. The summed E-state index contributed by atoms with van der Waals surface area (Å²) in [4.78, 5) is 14.4. The summed E-state index contributed by atoms with van der Waals surface area (Å²) in [7, 11) is 0. The van der Waals surface area contributed by atoms with Gasteiger partial charge in [0.2, 0.25) is 0 Å². The predicted octanol–water partition coefficient (Wildman–Crippen LogP) is 5.02. The van der Waals surface area contributed by atoms with Gasteiger partial charge in [-0.2, -0.15) is 0 Å². The first-order valence-electron chi connectivity index (χ1n) is 9.70. The fourth-order valence-electron chi connectivity index (χ4n) is 3.55. The first-order chi connectivity index (χ1) is 14.3. The number of aromatic nitrogens is 2. The fraction of sp³-hybridized carbons (Fsp3) is 0.333. The van der Waals surface area contributed by atoms with Gasteiger partial charge >= 0.3 is 0 Å². The molecule has 1 fully saturated rings. The summed E-state index contributed by atoms with van der Waals surface area (Å²) in [6, 6.07) is 8.13. The number of nitrogens with one attached hydrogen (secondary N) is 1. The molecule has 8 heteroatoms. The third kappa shape index (κ3) is 3.93. The van der Waals surface area contributed by atoms with E-state index in [-0.39, 0.29) is 6.04 Å². The smallest absolute Gasteiger partial charge is 0.146 e. The van der Waals surface area contributed by atoms with E-state index in [9.17, 15) is 0 Å². The quantitative estimate of drug-likeness (QED) is 0.467. The zero-order valence-electron chi connectivity index (χ0n) is 16.1. The van der Waals surface area contributed by atoms with E-state index in [2.05, 4.69) is 40.0 Å². The van der Waals surface area contributed by atoms with Crippen LogP contribution in [0.1, 0.15) is 24.6 Å². The Labute approximate surface area is 177 Å². The van der Waals surface area contributed by atoms with Crippen LogP contribution in [-0.2, 0) is 11.3 Å². The molecular weight excluding hydrogens is 404 g/mol. The van der Waals surface area contributed by atoms with E-state index >= 15 is 0 Å². The van der Waals surface area contributed by atoms with Crippen molar-refractivity contribution in [2.45, 2.75) is 19.5 Å². The second kappa shape index (κ2) is 8.23.